The van der Waals surface area contributed by atoms with E-state index in [2.05, 4.69) is 25.4 Å². The van der Waals surface area contributed by atoms with Crippen LogP contribution in [0.15, 0.2) is 71.2 Å². The lowest BCUT2D eigenvalue weighted by atomic mass is 9.99. The Hall–Kier alpha value is -3.34. The van der Waals surface area contributed by atoms with Gasteiger partial charge in [-0.3, -0.25) is 0 Å². The topological polar surface area (TPSA) is 52.6 Å². The van der Waals surface area contributed by atoms with E-state index in [0.29, 0.717) is 11.1 Å². The molecule has 0 bridgehead atoms. The second-order valence-corrected chi connectivity index (χ2v) is 7.71. The molecular weight excluding hydrogens is 546 g/mol. The highest BCUT2D eigenvalue weighted by atomic mass is 79.9. The second kappa shape index (κ2) is 11.4. The highest BCUT2D eigenvalue weighted by Gasteiger charge is 2.36. The van der Waals surface area contributed by atoms with E-state index < -0.39 is 46.5 Å². The van der Waals surface area contributed by atoms with Gasteiger partial charge in [0.1, 0.15) is 0 Å². The van der Waals surface area contributed by atoms with Crippen molar-refractivity contribution < 1.29 is 45.4 Å². The SMILES string of the molecule is COC(=O)c1ccc(-c2ccccc2)cc1C(F)(F)F.COC(=O)c1ccc(Br)cc1C(F)(F)F. The molecule has 0 saturated carbocycles. The number of hydrogen-bond donors (Lipinski definition) is 0. The van der Waals surface area contributed by atoms with Crippen LogP contribution in [0.4, 0.5) is 26.3 Å². The molecular formula is C24H17BrF6O4. The van der Waals surface area contributed by atoms with Gasteiger partial charge in [-0.15, -0.1) is 0 Å². The van der Waals surface area contributed by atoms with Crippen LogP contribution in [0.25, 0.3) is 11.1 Å². The molecule has 3 rings (SSSR count). The van der Waals surface area contributed by atoms with Crippen molar-refractivity contribution in [1.29, 1.82) is 0 Å². The van der Waals surface area contributed by atoms with Gasteiger partial charge in [-0.1, -0.05) is 52.3 Å². The highest BCUT2D eigenvalue weighted by Crippen LogP contribution is 2.36. The molecule has 0 spiro atoms. The van der Waals surface area contributed by atoms with Crippen molar-refractivity contribution in [3.8, 4) is 11.1 Å². The summed E-state index contributed by atoms with van der Waals surface area (Å²) in [6.07, 6.45) is -9.19. The van der Waals surface area contributed by atoms with Gasteiger partial charge in [-0.2, -0.15) is 26.3 Å². The van der Waals surface area contributed by atoms with Crippen LogP contribution in [0.1, 0.15) is 31.8 Å². The minimum absolute atomic E-state index is 0.252. The van der Waals surface area contributed by atoms with Crippen molar-refractivity contribution in [2.24, 2.45) is 0 Å². The van der Waals surface area contributed by atoms with Gasteiger partial charge >= 0.3 is 24.3 Å². The zero-order valence-corrected chi connectivity index (χ0v) is 19.7. The Morgan fingerprint density at radius 2 is 1.11 bits per heavy atom. The molecule has 3 aromatic rings. The second-order valence-electron chi connectivity index (χ2n) is 6.79. The van der Waals surface area contributed by atoms with Crippen LogP contribution in [0.5, 0.6) is 0 Å². The van der Waals surface area contributed by atoms with Crippen molar-refractivity contribution in [3.63, 3.8) is 0 Å². The molecule has 0 N–H and O–H groups in total. The van der Waals surface area contributed by atoms with Gasteiger partial charge in [0.05, 0.1) is 36.5 Å². The first kappa shape index (κ1) is 27.9. The van der Waals surface area contributed by atoms with E-state index in [1.807, 2.05) is 0 Å². The van der Waals surface area contributed by atoms with Crippen molar-refractivity contribution in [3.05, 3.63) is 93.5 Å². The number of rotatable bonds is 3. The van der Waals surface area contributed by atoms with Crippen LogP contribution >= 0.6 is 15.9 Å². The number of esters is 2. The Balaban J connectivity index is 0.000000258. The molecule has 0 saturated heterocycles. The third kappa shape index (κ3) is 7.32. The Morgan fingerprint density at radius 1 is 0.657 bits per heavy atom. The summed E-state index contributed by atoms with van der Waals surface area (Å²) in [5, 5.41) is 0. The van der Waals surface area contributed by atoms with Crippen molar-refractivity contribution in [2.45, 2.75) is 12.4 Å². The van der Waals surface area contributed by atoms with Crippen molar-refractivity contribution in [2.75, 3.05) is 14.2 Å². The van der Waals surface area contributed by atoms with Gasteiger partial charge in [0.2, 0.25) is 0 Å². The van der Waals surface area contributed by atoms with Crippen molar-refractivity contribution >= 4 is 27.9 Å². The lowest BCUT2D eigenvalue weighted by molar-refractivity contribution is -0.138. The normalized spacial score (nSPS) is 11.2. The molecule has 0 aliphatic rings. The molecule has 35 heavy (non-hydrogen) atoms. The average molecular weight is 563 g/mol. The van der Waals surface area contributed by atoms with Gasteiger partial charge < -0.3 is 9.47 Å². The lowest BCUT2D eigenvalue weighted by Gasteiger charge is -2.13. The molecule has 4 nitrogen and oxygen atoms in total. The number of benzene rings is 3. The van der Waals surface area contributed by atoms with Gasteiger partial charge in [0.25, 0.3) is 0 Å². The smallest absolute Gasteiger partial charge is 0.417 e. The predicted molar refractivity (Wildman–Crippen MR) is 119 cm³/mol. The van der Waals surface area contributed by atoms with Gasteiger partial charge in [-0.05, 0) is 41.5 Å². The number of hydrogen-bond acceptors (Lipinski definition) is 4. The van der Waals surface area contributed by atoms with E-state index in [1.54, 1.807) is 30.3 Å². The average Bonchev–Trinajstić information content (AvgIpc) is 2.82. The Kier molecular flexibility index (Phi) is 9.08. The maximum atomic E-state index is 13.0. The summed E-state index contributed by atoms with van der Waals surface area (Å²) in [5.74, 6) is -2.01. The summed E-state index contributed by atoms with van der Waals surface area (Å²) < 4.78 is 85.5. The number of carbonyl (C=O) groups excluding carboxylic acids is 2. The minimum Gasteiger partial charge on any atom is -0.465 e. The summed E-state index contributed by atoms with van der Waals surface area (Å²) in [6, 6.07) is 15.5. The van der Waals surface area contributed by atoms with Crippen LogP contribution in [0, 0.1) is 0 Å². The molecule has 0 unspecified atom stereocenters. The van der Waals surface area contributed by atoms with E-state index in [-0.39, 0.29) is 4.47 Å². The van der Waals surface area contributed by atoms with Gasteiger partial charge in [0, 0.05) is 4.47 Å². The molecule has 0 amide bonds. The van der Waals surface area contributed by atoms with E-state index in [9.17, 15) is 35.9 Å². The molecule has 3 aromatic carbocycles. The van der Waals surface area contributed by atoms with Gasteiger partial charge in [-0.25, -0.2) is 9.59 Å². The third-order valence-electron chi connectivity index (χ3n) is 4.53. The Morgan fingerprint density at radius 3 is 1.57 bits per heavy atom. The first-order valence-electron chi connectivity index (χ1n) is 9.59. The monoisotopic (exact) mass is 562 g/mol. The zero-order chi connectivity index (χ0) is 26.4. The fourth-order valence-electron chi connectivity index (χ4n) is 2.92. The van der Waals surface area contributed by atoms with E-state index in [4.69, 9.17) is 0 Å². The Bertz CT molecular complexity index is 1190. The summed E-state index contributed by atoms with van der Waals surface area (Å²) in [5.41, 5.74) is -1.94. The first-order chi connectivity index (χ1) is 16.3. The summed E-state index contributed by atoms with van der Waals surface area (Å²) in [7, 11) is 2.08. The fraction of sp³-hybridized carbons (Fsp3) is 0.167. The van der Waals surface area contributed by atoms with Gasteiger partial charge in [0.15, 0.2) is 0 Å². The molecule has 0 aliphatic heterocycles. The van der Waals surface area contributed by atoms with E-state index >= 15 is 0 Å². The molecule has 0 heterocycles. The molecule has 0 aliphatic carbocycles. The standard InChI is InChI=1S/C15H11F3O2.C9H6BrF3O2/c1-20-14(19)12-8-7-11(9-13(12)15(16,17)18)10-5-3-2-4-6-10;1-15-8(14)6-3-2-5(10)4-7(6)9(11,12)13/h2-9H,1H3;2-4H,1H3. The van der Waals surface area contributed by atoms with E-state index in [1.165, 1.54) is 12.1 Å². The summed E-state index contributed by atoms with van der Waals surface area (Å²) in [4.78, 5) is 22.5. The Labute approximate surface area is 204 Å². The molecule has 0 fully saturated rings. The number of halogens is 7. The van der Waals surface area contributed by atoms with Crippen LogP contribution < -0.4 is 0 Å². The van der Waals surface area contributed by atoms with Crippen LogP contribution in [0.3, 0.4) is 0 Å². The highest BCUT2D eigenvalue weighted by molar-refractivity contribution is 9.10. The van der Waals surface area contributed by atoms with E-state index in [0.717, 1.165) is 38.5 Å². The molecule has 11 heteroatoms. The number of ether oxygens (including phenoxy) is 2. The molecule has 0 radical (unpaired) electrons. The maximum Gasteiger partial charge on any atom is 0.417 e. The number of carbonyl (C=O) groups is 2. The van der Waals surface area contributed by atoms with Crippen LogP contribution in [-0.2, 0) is 21.8 Å². The quantitative estimate of drug-likeness (QED) is 0.246. The molecule has 186 valence electrons. The van der Waals surface area contributed by atoms with Crippen molar-refractivity contribution in [1.82, 2.24) is 0 Å². The van der Waals surface area contributed by atoms with Crippen LogP contribution in [0.2, 0.25) is 0 Å². The summed E-state index contributed by atoms with van der Waals surface area (Å²) >= 11 is 2.91. The predicted octanol–water partition coefficient (Wildman–Crippen LogP) is 7.41. The first-order valence-corrected chi connectivity index (χ1v) is 10.4. The minimum atomic E-state index is -4.62. The molecule has 0 atom stereocenters. The zero-order valence-electron chi connectivity index (χ0n) is 18.1. The number of alkyl halides is 6. The maximum absolute atomic E-state index is 13.0. The number of methoxy groups -OCH3 is 2. The molecule has 0 aromatic heterocycles. The lowest BCUT2D eigenvalue weighted by Crippen LogP contribution is -2.14. The third-order valence-corrected chi connectivity index (χ3v) is 5.02. The fourth-order valence-corrected chi connectivity index (χ4v) is 3.28. The summed E-state index contributed by atoms with van der Waals surface area (Å²) in [6.45, 7) is 0. The van der Waals surface area contributed by atoms with Crippen LogP contribution in [-0.4, -0.2) is 26.2 Å². The largest absolute Gasteiger partial charge is 0.465 e.